The maximum Gasteiger partial charge on any atom is 0.309 e. The van der Waals surface area contributed by atoms with Gasteiger partial charge in [-0.3, -0.25) is 9.78 Å². The monoisotopic (exact) mass is 472 g/mol. The molecule has 3 aromatic rings. The molecule has 0 radical (unpaired) electrons. The minimum atomic E-state index is -0.930. The molecule has 0 saturated heterocycles. The topological polar surface area (TPSA) is 73.6 Å². The first-order valence-electron chi connectivity index (χ1n) is 9.93. The molecule has 0 bridgehead atoms. The van der Waals surface area contributed by atoms with Gasteiger partial charge in [-0.1, -0.05) is 15.9 Å². The minimum absolute atomic E-state index is 0.196. The van der Waals surface area contributed by atoms with Gasteiger partial charge in [0.1, 0.15) is 12.4 Å². The number of carboxylic acid groups (broad SMARTS) is 1. The summed E-state index contributed by atoms with van der Waals surface area (Å²) in [7, 11) is 1.67. The van der Waals surface area contributed by atoms with E-state index in [1.54, 1.807) is 27.2 Å². The average Bonchev–Trinajstić information content (AvgIpc) is 3.01. The second kappa shape index (κ2) is 7.71. The molecule has 6 nitrogen and oxygen atoms in total. The Kier molecular flexibility index (Phi) is 5.36. The van der Waals surface area contributed by atoms with Crippen LogP contribution in [0.2, 0.25) is 0 Å². The predicted octanol–water partition coefficient (Wildman–Crippen LogP) is 5.22. The van der Waals surface area contributed by atoms with Crippen LogP contribution in [0, 0.1) is 5.41 Å². The molecule has 2 aromatic heterocycles. The molecule has 1 N–H and O–H groups in total. The standard InChI is InChI=1S/C23H25BrN2O4/c1-13(29-4)19-15(6-5-7-25-19)20-17(12-23(2,3)22(27)28)16-10-14(24)11-18-21(16)26(20)8-9-30-18/h5-7,10-11,13H,8-9,12H2,1-4H3,(H,27,28)/t13-/m0/s1. The van der Waals surface area contributed by atoms with Crippen LogP contribution in [0.15, 0.2) is 34.9 Å². The molecule has 7 heteroatoms. The van der Waals surface area contributed by atoms with Gasteiger partial charge < -0.3 is 19.1 Å². The number of nitrogens with zero attached hydrogens (tertiary/aromatic N) is 2. The fourth-order valence-corrected chi connectivity index (χ4v) is 4.56. The maximum absolute atomic E-state index is 12.0. The summed E-state index contributed by atoms with van der Waals surface area (Å²) in [6.45, 7) is 6.73. The Morgan fingerprint density at radius 3 is 2.90 bits per heavy atom. The third kappa shape index (κ3) is 3.40. The molecule has 1 aliphatic rings. The molecule has 4 rings (SSSR count). The zero-order valence-electron chi connectivity index (χ0n) is 17.5. The van der Waals surface area contributed by atoms with Crippen molar-refractivity contribution in [3.8, 4) is 17.0 Å². The van der Waals surface area contributed by atoms with E-state index >= 15 is 0 Å². The number of hydrogen-bond donors (Lipinski definition) is 1. The van der Waals surface area contributed by atoms with Gasteiger partial charge in [0, 0.05) is 28.7 Å². The van der Waals surface area contributed by atoms with E-state index in [0.717, 1.165) is 43.6 Å². The van der Waals surface area contributed by atoms with E-state index in [0.29, 0.717) is 19.6 Å². The summed E-state index contributed by atoms with van der Waals surface area (Å²) in [6.07, 6.45) is 1.95. The van der Waals surface area contributed by atoms with Crippen molar-refractivity contribution < 1.29 is 19.4 Å². The van der Waals surface area contributed by atoms with Gasteiger partial charge in [0.15, 0.2) is 0 Å². The highest BCUT2D eigenvalue weighted by molar-refractivity contribution is 9.10. The Balaban J connectivity index is 2.09. The number of carbonyl (C=O) groups is 1. The van der Waals surface area contributed by atoms with Gasteiger partial charge in [-0.05, 0) is 57.0 Å². The zero-order valence-corrected chi connectivity index (χ0v) is 19.1. The summed E-state index contributed by atoms with van der Waals surface area (Å²) in [6, 6.07) is 7.97. The van der Waals surface area contributed by atoms with Crippen molar-refractivity contribution in [2.24, 2.45) is 5.41 Å². The van der Waals surface area contributed by atoms with Crippen molar-refractivity contribution in [3.63, 3.8) is 0 Å². The van der Waals surface area contributed by atoms with E-state index in [4.69, 9.17) is 9.47 Å². The number of benzene rings is 1. The third-order valence-corrected chi connectivity index (χ3v) is 6.25. The Morgan fingerprint density at radius 1 is 1.43 bits per heavy atom. The molecular weight excluding hydrogens is 448 g/mol. The maximum atomic E-state index is 12.0. The van der Waals surface area contributed by atoms with Crippen LogP contribution in [0.25, 0.3) is 22.2 Å². The number of carboxylic acids is 1. The summed E-state index contributed by atoms with van der Waals surface area (Å²) in [4.78, 5) is 16.6. The Bertz CT molecular complexity index is 1140. The number of aliphatic carboxylic acids is 1. The van der Waals surface area contributed by atoms with Gasteiger partial charge >= 0.3 is 5.97 Å². The van der Waals surface area contributed by atoms with Crippen molar-refractivity contribution in [1.29, 1.82) is 0 Å². The molecule has 0 aliphatic carbocycles. The van der Waals surface area contributed by atoms with Crippen molar-refractivity contribution in [1.82, 2.24) is 9.55 Å². The van der Waals surface area contributed by atoms with E-state index in [2.05, 4.69) is 31.5 Å². The molecule has 0 amide bonds. The lowest BCUT2D eigenvalue weighted by Crippen LogP contribution is -2.26. The van der Waals surface area contributed by atoms with Gasteiger partial charge in [0.05, 0.1) is 35.0 Å². The smallest absolute Gasteiger partial charge is 0.309 e. The normalized spacial score (nSPS) is 14.6. The third-order valence-electron chi connectivity index (χ3n) is 5.79. The summed E-state index contributed by atoms with van der Waals surface area (Å²) >= 11 is 3.59. The van der Waals surface area contributed by atoms with Crippen LogP contribution in [0.3, 0.4) is 0 Å². The first-order chi connectivity index (χ1) is 14.2. The Labute approximate surface area is 184 Å². The average molecular weight is 473 g/mol. The summed E-state index contributed by atoms with van der Waals surface area (Å²) in [5.74, 6) is -0.0242. The molecule has 0 saturated carbocycles. The molecule has 0 unspecified atom stereocenters. The predicted molar refractivity (Wildman–Crippen MR) is 119 cm³/mol. The molecule has 0 spiro atoms. The number of hydrogen-bond acceptors (Lipinski definition) is 4. The molecular formula is C23H25BrN2O4. The zero-order chi connectivity index (χ0) is 21.6. The fourth-order valence-electron chi connectivity index (χ4n) is 4.12. The van der Waals surface area contributed by atoms with Crippen LogP contribution in [-0.4, -0.2) is 34.3 Å². The van der Waals surface area contributed by atoms with Crippen LogP contribution < -0.4 is 4.74 Å². The van der Waals surface area contributed by atoms with Crippen LogP contribution in [-0.2, 0) is 22.5 Å². The van der Waals surface area contributed by atoms with Crippen LogP contribution in [0.1, 0.15) is 38.1 Å². The largest absolute Gasteiger partial charge is 0.489 e. The van der Waals surface area contributed by atoms with Gasteiger partial charge in [0.25, 0.3) is 0 Å². The molecule has 3 heterocycles. The van der Waals surface area contributed by atoms with Crippen LogP contribution >= 0.6 is 15.9 Å². The van der Waals surface area contributed by atoms with Gasteiger partial charge in [-0.25, -0.2) is 0 Å². The van der Waals surface area contributed by atoms with Gasteiger partial charge in [-0.2, -0.15) is 0 Å². The number of aromatic nitrogens is 2. The number of methoxy groups -OCH3 is 1. The Hall–Kier alpha value is -2.38. The second-order valence-electron chi connectivity index (χ2n) is 8.31. The lowest BCUT2D eigenvalue weighted by molar-refractivity contribution is -0.146. The Morgan fingerprint density at radius 2 is 2.20 bits per heavy atom. The van der Waals surface area contributed by atoms with Gasteiger partial charge in [-0.15, -0.1) is 0 Å². The molecule has 0 fully saturated rings. The summed E-state index contributed by atoms with van der Waals surface area (Å²) < 4.78 is 14.7. The van der Waals surface area contributed by atoms with Crippen molar-refractivity contribution in [2.75, 3.05) is 13.7 Å². The highest BCUT2D eigenvalue weighted by atomic mass is 79.9. The van der Waals surface area contributed by atoms with Crippen LogP contribution in [0.5, 0.6) is 5.75 Å². The molecule has 158 valence electrons. The summed E-state index contributed by atoms with van der Waals surface area (Å²) in [5, 5.41) is 10.8. The SMILES string of the molecule is CO[C@@H](C)c1ncccc1-c1c(CC(C)(C)C(=O)O)c2cc(Br)cc3c2n1CCO3. The van der Waals surface area contributed by atoms with Crippen molar-refractivity contribution in [3.05, 3.63) is 46.2 Å². The highest BCUT2D eigenvalue weighted by Gasteiger charge is 2.34. The number of rotatable bonds is 6. The van der Waals surface area contributed by atoms with Crippen molar-refractivity contribution >= 4 is 32.8 Å². The molecule has 1 aliphatic heterocycles. The second-order valence-corrected chi connectivity index (χ2v) is 9.22. The van der Waals surface area contributed by atoms with E-state index in [-0.39, 0.29) is 6.10 Å². The number of ether oxygens (including phenoxy) is 2. The lowest BCUT2D eigenvalue weighted by Gasteiger charge is -2.23. The van der Waals surface area contributed by atoms with Gasteiger partial charge in [0.2, 0.25) is 0 Å². The molecule has 1 atom stereocenters. The minimum Gasteiger partial charge on any atom is -0.489 e. The van der Waals surface area contributed by atoms with E-state index in [1.165, 1.54) is 0 Å². The lowest BCUT2D eigenvalue weighted by atomic mass is 9.84. The number of pyridine rings is 1. The first kappa shape index (κ1) is 20.9. The first-order valence-corrected chi connectivity index (χ1v) is 10.7. The van der Waals surface area contributed by atoms with E-state index in [1.807, 2.05) is 25.1 Å². The van der Waals surface area contributed by atoms with Crippen molar-refractivity contribution in [2.45, 2.75) is 39.8 Å². The molecule has 30 heavy (non-hydrogen) atoms. The van der Waals surface area contributed by atoms with E-state index in [9.17, 15) is 9.90 Å². The van der Waals surface area contributed by atoms with Crippen LogP contribution in [0.4, 0.5) is 0 Å². The number of halogens is 1. The molecule has 1 aromatic carbocycles. The quantitative estimate of drug-likeness (QED) is 0.532. The highest BCUT2D eigenvalue weighted by Crippen LogP contribution is 2.45. The summed E-state index contributed by atoms with van der Waals surface area (Å²) in [5.41, 5.74) is 3.84. The fraction of sp³-hybridized carbons (Fsp3) is 0.391. The van der Waals surface area contributed by atoms with E-state index < -0.39 is 11.4 Å².